The van der Waals surface area contributed by atoms with Gasteiger partial charge >= 0.3 is 5.97 Å². The van der Waals surface area contributed by atoms with Gasteiger partial charge in [0.2, 0.25) is 0 Å². The van der Waals surface area contributed by atoms with E-state index in [0.29, 0.717) is 24.3 Å². The van der Waals surface area contributed by atoms with Crippen molar-refractivity contribution in [1.29, 1.82) is 0 Å². The Bertz CT molecular complexity index is 1250. The summed E-state index contributed by atoms with van der Waals surface area (Å²) in [7, 11) is 0. The Kier molecular flexibility index (Phi) is 5.19. The zero-order chi connectivity index (χ0) is 22.3. The molecule has 0 aromatic heterocycles. The van der Waals surface area contributed by atoms with E-state index in [2.05, 4.69) is 0 Å². The lowest BCUT2D eigenvalue weighted by Crippen LogP contribution is -2.30. The van der Waals surface area contributed by atoms with Crippen molar-refractivity contribution in [1.82, 2.24) is 0 Å². The van der Waals surface area contributed by atoms with E-state index >= 15 is 0 Å². The highest BCUT2D eigenvalue weighted by Gasteiger charge is 2.43. The molecule has 0 atom stereocenters. The number of aryl methyl sites for hydroxylation is 1. The van der Waals surface area contributed by atoms with Gasteiger partial charge in [0.05, 0.1) is 23.4 Å². The molecule has 0 unspecified atom stereocenters. The van der Waals surface area contributed by atoms with E-state index in [1.807, 2.05) is 31.2 Å². The van der Waals surface area contributed by atoms with Crippen molar-refractivity contribution in [2.24, 2.45) is 0 Å². The van der Waals surface area contributed by atoms with Gasteiger partial charge < -0.3 is 9.47 Å². The number of hydrogen-bond acceptors (Lipinski definition) is 5. The van der Waals surface area contributed by atoms with Gasteiger partial charge in [0.15, 0.2) is 5.82 Å². The van der Waals surface area contributed by atoms with E-state index in [1.165, 1.54) is 19.1 Å². The molecule has 6 nitrogen and oxygen atoms in total. The molecule has 31 heavy (non-hydrogen) atoms. The van der Waals surface area contributed by atoms with Crippen molar-refractivity contribution in [3.05, 3.63) is 65.0 Å². The number of anilines is 1. The standard InChI is InChI=1S/C24H20FNO5/c1-4-15-16-8-6-7-9-17(16)22(30-5-2)21-20(15)23(28)26(24(21)29)19-11-10-14(12-18(19)25)31-13(3)27/h6-12H,4-5H2,1-3H3. The Balaban J connectivity index is 1.93. The van der Waals surface area contributed by atoms with Crippen LogP contribution < -0.4 is 14.4 Å². The minimum atomic E-state index is -0.853. The summed E-state index contributed by atoms with van der Waals surface area (Å²) in [5.41, 5.74) is 0.881. The summed E-state index contributed by atoms with van der Waals surface area (Å²) in [6.45, 7) is 5.19. The van der Waals surface area contributed by atoms with E-state index in [1.54, 1.807) is 6.92 Å². The summed E-state index contributed by atoms with van der Waals surface area (Å²) in [6, 6.07) is 11.0. The second-order valence-electron chi connectivity index (χ2n) is 7.04. The molecule has 1 aliphatic heterocycles. The number of carbonyl (C=O) groups is 3. The van der Waals surface area contributed by atoms with Crippen LogP contribution >= 0.6 is 0 Å². The van der Waals surface area contributed by atoms with Gasteiger partial charge in [-0.15, -0.1) is 0 Å². The van der Waals surface area contributed by atoms with Crippen molar-refractivity contribution in [2.75, 3.05) is 11.5 Å². The van der Waals surface area contributed by atoms with Gasteiger partial charge in [-0.1, -0.05) is 31.2 Å². The van der Waals surface area contributed by atoms with E-state index in [9.17, 15) is 18.8 Å². The normalized spacial score (nSPS) is 13.0. The molecule has 3 aromatic carbocycles. The van der Waals surface area contributed by atoms with Crippen LogP contribution in [0.25, 0.3) is 10.8 Å². The molecule has 0 fully saturated rings. The molecule has 0 saturated carbocycles. The van der Waals surface area contributed by atoms with Crippen molar-refractivity contribution >= 4 is 34.2 Å². The molecular weight excluding hydrogens is 401 g/mol. The Labute approximate surface area is 178 Å². The third-order valence-corrected chi connectivity index (χ3v) is 5.17. The first-order chi connectivity index (χ1) is 14.9. The minimum absolute atomic E-state index is 0.0136. The number of ether oxygens (including phenoxy) is 2. The first-order valence-corrected chi connectivity index (χ1v) is 9.96. The molecule has 0 saturated heterocycles. The van der Waals surface area contributed by atoms with Crippen LogP contribution in [0.2, 0.25) is 0 Å². The average Bonchev–Trinajstić information content (AvgIpc) is 2.99. The summed E-state index contributed by atoms with van der Waals surface area (Å²) in [5, 5.41) is 1.55. The molecule has 0 bridgehead atoms. The maximum Gasteiger partial charge on any atom is 0.308 e. The predicted molar refractivity (Wildman–Crippen MR) is 113 cm³/mol. The highest BCUT2D eigenvalue weighted by Crippen LogP contribution is 2.43. The van der Waals surface area contributed by atoms with Crippen molar-refractivity contribution in [2.45, 2.75) is 27.2 Å². The summed E-state index contributed by atoms with van der Waals surface area (Å²) >= 11 is 0. The number of carbonyl (C=O) groups excluding carboxylic acids is 3. The van der Waals surface area contributed by atoms with E-state index in [4.69, 9.17) is 9.47 Å². The zero-order valence-electron chi connectivity index (χ0n) is 17.3. The van der Waals surface area contributed by atoms with Crippen molar-refractivity contribution in [3.8, 4) is 11.5 Å². The minimum Gasteiger partial charge on any atom is -0.492 e. The smallest absolute Gasteiger partial charge is 0.308 e. The molecule has 2 amide bonds. The highest BCUT2D eigenvalue weighted by molar-refractivity contribution is 6.37. The number of halogens is 1. The maximum atomic E-state index is 14.9. The molecule has 0 aliphatic carbocycles. The van der Waals surface area contributed by atoms with Crippen LogP contribution in [-0.2, 0) is 11.2 Å². The molecule has 4 rings (SSSR count). The topological polar surface area (TPSA) is 72.9 Å². The lowest BCUT2D eigenvalue weighted by molar-refractivity contribution is -0.131. The first kappa shape index (κ1) is 20.5. The molecule has 158 valence electrons. The van der Waals surface area contributed by atoms with Gasteiger partial charge in [-0.05, 0) is 36.4 Å². The lowest BCUT2D eigenvalue weighted by atomic mass is 9.92. The van der Waals surface area contributed by atoms with Gasteiger partial charge in [0.1, 0.15) is 11.5 Å². The molecular formula is C24H20FNO5. The van der Waals surface area contributed by atoms with E-state index in [-0.39, 0.29) is 22.6 Å². The number of hydrogen-bond donors (Lipinski definition) is 0. The molecule has 1 heterocycles. The van der Waals surface area contributed by atoms with Crippen molar-refractivity contribution in [3.63, 3.8) is 0 Å². The van der Waals surface area contributed by atoms with Crippen LogP contribution in [0.4, 0.5) is 10.1 Å². The van der Waals surface area contributed by atoms with Crippen LogP contribution in [0.5, 0.6) is 11.5 Å². The average molecular weight is 421 g/mol. The van der Waals surface area contributed by atoms with E-state index in [0.717, 1.165) is 21.7 Å². The number of esters is 1. The fraction of sp³-hybridized carbons (Fsp3) is 0.208. The molecule has 7 heteroatoms. The third-order valence-electron chi connectivity index (χ3n) is 5.17. The fourth-order valence-corrected chi connectivity index (χ4v) is 4.01. The van der Waals surface area contributed by atoms with Crippen LogP contribution in [0, 0.1) is 5.82 Å². The highest BCUT2D eigenvalue weighted by atomic mass is 19.1. The maximum absolute atomic E-state index is 14.9. The summed E-state index contributed by atoms with van der Waals surface area (Å²) in [5.74, 6) is -2.41. The van der Waals surface area contributed by atoms with E-state index < -0.39 is 23.6 Å². The van der Waals surface area contributed by atoms with Crippen LogP contribution in [0.15, 0.2) is 42.5 Å². The number of rotatable bonds is 5. The molecule has 0 spiro atoms. The SMILES string of the molecule is CCOc1c2c(c(CC)c3ccccc13)C(=O)N(c1ccc(OC(C)=O)cc1F)C2=O. The lowest BCUT2D eigenvalue weighted by Gasteiger charge is -2.15. The van der Waals surface area contributed by atoms with Gasteiger partial charge in [-0.25, -0.2) is 9.29 Å². The van der Waals surface area contributed by atoms with Gasteiger partial charge in [0, 0.05) is 18.4 Å². The van der Waals surface area contributed by atoms with Crippen LogP contribution in [0.3, 0.4) is 0 Å². The molecule has 0 radical (unpaired) electrons. The first-order valence-electron chi connectivity index (χ1n) is 9.96. The second kappa shape index (κ2) is 7.83. The van der Waals surface area contributed by atoms with Crippen LogP contribution in [0.1, 0.15) is 47.1 Å². The molecule has 0 N–H and O–H groups in total. The summed E-state index contributed by atoms with van der Waals surface area (Å²) < 4.78 is 25.6. The quantitative estimate of drug-likeness (QED) is 0.340. The summed E-state index contributed by atoms with van der Waals surface area (Å²) in [6.07, 6.45) is 0.510. The van der Waals surface area contributed by atoms with Gasteiger partial charge in [-0.3, -0.25) is 14.4 Å². The third kappa shape index (κ3) is 3.22. The van der Waals surface area contributed by atoms with Gasteiger partial charge in [-0.2, -0.15) is 0 Å². The number of fused-ring (bicyclic) bond motifs is 2. The van der Waals surface area contributed by atoms with Crippen molar-refractivity contribution < 1.29 is 28.2 Å². The number of amides is 2. The van der Waals surface area contributed by atoms with Gasteiger partial charge in [0.25, 0.3) is 11.8 Å². The number of benzene rings is 3. The largest absolute Gasteiger partial charge is 0.492 e. The Morgan fingerprint density at radius 3 is 2.29 bits per heavy atom. The predicted octanol–water partition coefficient (Wildman–Crippen LogP) is 4.67. The van der Waals surface area contributed by atoms with Crippen LogP contribution in [-0.4, -0.2) is 24.4 Å². The second-order valence-corrected chi connectivity index (χ2v) is 7.04. The fourth-order valence-electron chi connectivity index (χ4n) is 4.01. The zero-order valence-corrected chi connectivity index (χ0v) is 17.3. The Hall–Kier alpha value is -3.74. The molecule has 1 aliphatic rings. The number of imide groups is 1. The monoisotopic (exact) mass is 421 g/mol. The summed E-state index contributed by atoms with van der Waals surface area (Å²) in [4.78, 5) is 38.7. The molecule has 3 aromatic rings. The Morgan fingerprint density at radius 2 is 1.68 bits per heavy atom. The Morgan fingerprint density at radius 1 is 1.00 bits per heavy atom. The number of nitrogens with zero attached hydrogens (tertiary/aromatic N) is 1.